The van der Waals surface area contributed by atoms with E-state index in [1.165, 1.54) is 5.56 Å². The molecule has 3 N–H and O–H groups in total. The first-order chi connectivity index (χ1) is 7.84. The van der Waals surface area contributed by atoms with E-state index in [-0.39, 0.29) is 0 Å². The molecule has 0 aliphatic carbocycles. The van der Waals surface area contributed by atoms with Crippen LogP contribution in [-0.2, 0) is 11.3 Å². The highest BCUT2D eigenvalue weighted by atomic mass is 16.5. The van der Waals surface area contributed by atoms with Gasteiger partial charge in [-0.2, -0.15) is 5.10 Å². The molecule has 1 aromatic heterocycles. The molecule has 0 bridgehead atoms. The first-order valence-corrected chi connectivity index (χ1v) is 5.87. The molecule has 2 heterocycles. The lowest BCUT2D eigenvalue weighted by Crippen LogP contribution is -2.44. The minimum absolute atomic E-state index is 0.481. The minimum Gasteiger partial charge on any atom is -0.379 e. The predicted molar refractivity (Wildman–Crippen MR) is 62.1 cm³/mol. The van der Waals surface area contributed by atoms with Gasteiger partial charge in [0.2, 0.25) is 0 Å². The summed E-state index contributed by atoms with van der Waals surface area (Å²) in [7, 11) is 0. The Morgan fingerprint density at radius 2 is 2.62 bits per heavy atom. The second-order valence-corrected chi connectivity index (χ2v) is 4.35. The van der Waals surface area contributed by atoms with Crippen LogP contribution in [0.15, 0.2) is 12.4 Å². The maximum absolute atomic E-state index is 5.43. The molecule has 0 saturated carbocycles. The number of ether oxygens (including phenoxy) is 1. The average molecular weight is 224 g/mol. The smallest absolute Gasteiger partial charge is 0.0620 e. The molecule has 0 amide bonds. The standard InChI is InChI=1S/C11H20N4O/c1-9(4-11-8-16-3-2-12-11)13-5-10-6-14-15-7-10/h6-7,9,11-13H,2-5,8H2,1H3,(H,14,15). The highest BCUT2D eigenvalue weighted by molar-refractivity contribution is 5.01. The van der Waals surface area contributed by atoms with Gasteiger partial charge in [0.05, 0.1) is 19.4 Å². The Hall–Kier alpha value is -0.910. The third-order valence-corrected chi connectivity index (χ3v) is 2.85. The van der Waals surface area contributed by atoms with Gasteiger partial charge in [-0.3, -0.25) is 5.10 Å². The van der Waals surface area contributed by atoms with Crippen molar-refractivity contribution in [1.29, 1.82) is 0 Å². The van der Waals surface area contributed by atoms with Crippen LogP contribution in [-0.4, -0.2) is 42.0 Å². The van der Waals surface area contributed by atoms with Gasteiger partial charge in [-0.05, 0) is 13.3 Å². The molecule has 0 radical (unpaired) electrons. The fourth-order valence-corrected chi connectivity index (χ4v) is 1.95. The Morgan fingerprint density at radius 3 is 3.31 bits per heavy atom. The molecule has 2 atom stereocenters. The van der Waals surface area contributed by atoms with E-state index < -0.39 is 0 Å². The van der Waals surface area contributed by atoms with E-state index in [4.69, 9.17) is 4.74 Å². The third-order valence-electron chi connectivity index (χ3n) is 2.85. The Bertz CT molecular complexity index is 282. The van der Waals surface area contributed by atoms with Crippen LogP contribution < -0.4 is 10.6 Å². The minimum atomic E-state index is 0.481. The van der Waals surface area contributed by atoms with Crippen molar-refractivity contribution in [2.24, 2.45) is 0 Å². The molecule has 0 aromatic carbocycles. The summed E-state index contributed by atoms with van der Waals surface area (Å²) in [6, 6.07) is 0.967. The highest BCUT2D eigenvalue weighted by Gasteiger charge is 2.15. The highest BCUT2D eigenvalue weighted by Crippen LogP contribution is 2.03. The van der Waals surface area contributed by atoms with Crippen molar-refractivity contribution in [2.45, 2.75) is 32.0 Å². The van der Waals surface area contributed by atoms with E-state index in [0.29, 0.717) is 12.1 Å². The van der Waals surface area contributed by atoms with E-state index in [1.807, 2.05) is 12.4 Å². The van der Waals surface area contributed by atoms with Crippen molar-refractivity contribution in [3.05, 3.63) is 18.0 Å². The van der Waals surface area contributed by atoms with E-state index in [9.17, 15) is 0 Å². The average Bonchev–Trinajstić information content (AvgIpc) is 2.81. The number of rotatable bonds is 5. The fraction of sp³-hybridized carbons (Fsp3) is 0.727. The summed E-state index contributed by atoms with van der Waals surface area (Å²) in [6.07, 6.45) is 4.86. The summed E-state index contributed by atoms with van der Waals surface area (Å²) in [5, 5.41) is 13.7. The lowest BCUT2D eigenvalue weighted by atomic mass is 10.1. The number of nitrogens with zero attached hydrogens (tertiary/aromatic N) is 1. The zero-order chi connectivity index (χ0) is 11.2. The molecule has 2 unspecified atom stereocenters. The number of hydrogen-bond acceptors (Lipinski definition) is 4. The van der Waals surface area contributed by atoms with Gasteiger partial charge in [-0.25, -0.2) is 0 Å². The van der Waals surface area contributed by atoms with E-state index >= 15 is 0 Å². The van der Waals surface area contributed by atoms with Crippen molar-refractivity contribution >= 4 is 0 Å². The quantitative estimate of drug-likeness (QED) is 0.671. The van der Waals surface area contributed by atoms with Crippen LogP contribution in [0.3, 0.4) is 0 Å². The predicted octanol–water partition coefficient (Wildman–Crippen LogP) is 0.266. The summed E-state index contributed by atoms with van der Waals surface area (Å²) >= 11 is 0. The fourth-order valence-electron chi connectivity index (χ4n) is 1.95. The molecule has 1 saturated heterocycles. The van der Waals surface area contributed by atoms with Gasteiger partial charge in [0.25, 0.3) is 0 Å². The second kappa shape index (κ2) is 5.98. The SMILES string of the molecule is CC(CC1COCCN1)NCc1cn[nH]c1. The van der Waals surface area contributed by atoms with Crippen molar-refractivity contribution in [3.63, 3.8) is 0 Å². The molecule has 5 heteroatoms. The zero-order valence-electron chi connectivity index (χ0n) is 9.70. The van der Waals surface area contributed by atoms with Gasteiger partial charge in [0, 0.05) is 36.9 Å². The molecule has 1 aliphatic rings. The van der Waals surface area contributed by atoms with Crippen molar-refractivity contribution in [2.75, 3.05) is 19.8 Å². The summed E-state index contributed by atoms with van der Waals surface area (Å²) in [6.45, 7) is 5.71. The van der Waals surface area contributed by atoms with Gasteiger partial charge in [-0.15, -0.1) is 0 Å². The molecular weight excluding hydrogens is 204 g/mol. The summed E-state index contributed by atoms with van der Waals surface area (Å²) in [5.74, 6) is 0. The Morgan fingerprint density at radius 1 is 1.69 bits per heavy atom. The molecule has 1 aromatic rings. The summed E-state index contributed by atoms with van der Waals surface area (Å²) in [4.78, 5) is 0. The van der Waals surface area contributed by atoms with Gasteiger partial charge in [-0.1, -0.05) is 0 Å². The molecule has 0 spiro atoms. The topological polar surface area (TPSA) is 62.0 Å². The lowest BCUT2D eigenvalue weighted by Gasteiger charge is -2.26. The largest absolute Gasteiger partial charge is 0.379 e. The zero-order valence-corrected chi connectivity index (χ0v) is 9.70. The van der Waals surface area contributed by atoms with Crippen LogP contribution >= 0.6 is 0 Å². The van der Waals surface area contributed by atoms with Crippen LogP contribution in [0, 0.1) is 0 Å². The molecule has 5 nitrogen and oxygen atoms in total. The van der Waals surface area contributed by atoms with E-state index in [0.717, 1.165) is 32.7 Å². The molecule has 16 heavy (non-hydrogen) atoms. The Balaban J connectivity index is 1.65. The second-order valence-electron chi connectivity index (χ2n) is 4.35. The van der Waals surface area contributed by atoms with Gasteiger partial charge in [0.1, 0.15) is 0 Å². The normalized spacial score (nSPS) is 23.2. The number of nitrogens with one attached hydrogen (secondary N) is 3. The van der Waals surface area contributed by atoms with Gasteiger partial charge in [0.15, 0.2) is 0 Å². The number of morpholine rings is 1. The number of aromatic amines is 1. The molecule has 1 fully saturated rings. The van der Waals surface area contributed by atoms with Crippen LogP contribution in [0.25, 0.3) is 0 Å². The van der Waals surface area contributed by atoms with Gasteiger partial charge < -0.3 is 15.4 Å². The van der Waals surface area contributed by atoms with Crippen molar-refractivity contribution in [1.82, 2.24) is 20.8 Å². The number of H-pyrrole nitrogens is 1. The van der Waals surface area contributed by atoms with Crippen LogP contribution in [0.5, 0.6) is 0 Å². The van der Waals surface area contributed by atoms with E-state index in [1.54, 1.807) is 0 Å². The van der Waals surface area contributed by atoms with E-state index in [2.05, 4.69) is 27.8 Å². The maximum atomic E-state index is 5.43. The molecule has 90 valence electrons. The lowest BCUT2D eigenvalue weighted by molar-refractivity contribution is 0.0712. The monoisotopic (exact) mass is 224 g/mol. The van der Waals surface area contributed by atoms with Crippen LogP contribution in [0.1, 0.15) is 18.9 Å². The summed E-state index contributed by atoms with van der Waals surface area (Å²) < 4.78 is 5.43. The number of aromatic nitrogens is 2. The van der Waals surface area contributed by atoms with Crippen molar-refractivity contribution < 1.29 is 4.74 Å². The molecule has 1 aliphatic heterocycles. The Kier molecular flexibility index (Phi) is 4.33. The summed E-state index contributed by atoms with van der Waals surface area (Å²) in [5.41, 5.74) is 1.19. The van der Waals surface area contributed by atoms with Crippen molar-refractivity contribution in [3.8, 4) is 0 Å². The van der Waals surface area contributed by atoms with Crippen LogP contribution in [0.2, 0.25) is 0 Å². The first kappa shape index (κ1) is 11.6. The Labute approximate surface area is 96.0 Å². The third kappa shape index (κ3) is 3.59. The number of hydrogen-bond donors (Lipinski definition) is 3. The van der Waals surface area contributed by atoms with Crippen LogP contribution in [0.4, 0.5) is 0 Å². The first-order valence-electron chi connectivity index (χ1n) is 5.87. The molecule has 2 rings (SSSR count). The maximum Gasteiger partial charge on any atom is 0.0620 e. The molecular formula is C11H20N4O. The van der Waals surface area contributed by atoms with Gasteiger partial charge >= 0.3 is 0 Å².